The third-order valence-electron chi connectivity index (χ3n) is 4.84. The average molecular weight is 327 g/mol. The van der Waals surface area contributed by atoms with Crippen LogP contribution in [0.4, 0.5) is 0 Å². The number of carboxylic acid groups (broad SMARTS) is 1. The molecule has 1 N–H and O–H groups in total. The van der Waals surface area contributed by atoms with Gasteiger partial charge in [0.2, 0.25) is 0 Å². The molecule has 1 fully saturated rings. The predicted molar refractivity (Wildman–Crippen MR) is 93.6 cm³/mol. The van der Waals surface area contributed by atoms with Gasteiger partial charge in [0.25, 0.3) is 0 Å². The first kappa shape index (κ1) is 16.7. The molecule has 2 aromatic rings. The van der Waals surface area contributed by atoms with Gasteiger partial charge in [0.05, 0.1) is 11.6 Å². The second kappa shape index (κ2) is 6.77. The molecule has 1 aromatic carbocycles. The Balaban J connectivity index is 1.87. The fourth-order valence-corrected chi connectivity index (χ4v) is 3.72. The first-order valence-corrected chi connectivity index (χ1v) is 8.47. The van der Waals surface area contributed by atoms with Crippen molar-refractivity contribution in [1.29, 1.82) is 0 Å². The lowest BCUT2D eigenvalue weighted by atomic mass is 9.90. The number of nitrogens with zero attached hydrogens (tertiary/aromatic N) is 3. The van der Waals surface area contributed by atoms with Gasteiger partial charge < -0.3 is 5.11 Å². The van der Waals surface area contributed by atoms with Crippen molar-refractivity contribution in [2.75, 3.05) is 13.1 Å². The van der Waals surface area contributed by atoms with Crippen LogP contribution >= 0.6 is 0 Å². The normalized spacial score (nSPS) is 21.8. The number of piperidine rings is 1. The zero-order valence-electron chi connectivity index (χ0n) is 14.6. The van der Waals surface area contributed by atoms with E-state index in [1.165, 1.54) is 16.7 Å². The van der Waals surface area contributed by atoms with Crippen molar-refractivity contribution in [3.8, 4) is 11.3 Å². The number of hydrogen-bond acceptors (Lipinski definition) is 3. The predicted octanol–water partition coefficient (Wildman–Crippen LogP) is 2.94. The monoisotopic (exact) mass is 327 g/mol. The SMILES string of the molecule is Cc1ccc(CN2CC(C)CC(C(=O)O)C2)c(-c2ccnn2C)c1. The van der Waals surface area contributed by atoms with E-state index in [0.717, 1.165) is 25.2 Å². The van der Waals surface area contributed by atoms with E-state index in [2.05, 4.69) is 42.0 Å². The minimum absolute atomic E-state index is 0.264. The molecule has 2 atom stereocenters. The summed E-state index contributed by atoms with van der Waals surface area (Å²) in [6.45, 7) is 6.57. The van der Waals surface area contributed by atoms with Crippen LogP contribution in [0.1, 0.15) is 24.5 Å². The Bertz CT molecular complexity index is 738. The number of rotatable bonds is 4. The van der Waals surface area contributed by atoms with Crippen LogP contribution in [0.25, 0.3) is 11.3 Å². The van der Waals surface area contributed by atoms with Crippen LogP contribution in [0, 0.1) is 18.8 Å². The van der Waals surface area contributed by atoms with Gasteiger partial charge in [-0.1, -0.05) is 24.6 Å². The zero-order chi connectivity index (χ0) is 17.3. The van der Waals surface area contributed by atoms with E-state index in [9.17, 15) is 9.90 Å². The Hall–Kier alpha value is -2.14. The standard InChI is InChI=1S/C19H25N3O2/c1-13-4-5-15(17(9-13)18-6-7-20-21(18)3)11-22-10-14(2)8-16(12-22)19(23)24/h4-7,9,14,16H,8,10-12H2,1-3H3,(H,23,24). The quantitative estimate of drug-likeness (QED) is 0.938. The first-order chi connectivity index (χ1) is 11.4. The van der Waals surface area contributed by atoms with Crippen LogP contribution in [0.5, 0.6) is 0 Å². The topological polar surface area (TPSA) is 58.4 Å². The number of benzene rings is 1. The molecule has 128 valence electrons. The largest absolute Gasteiger partial charge is 0.481 e. The highest BCUT2D eigenvalue weighted by Gasteiger charge is 2.29. The number of likely N-dealkylation sites (tertiary alicyclic amines) is 1. The second-order valence-electron chi connectivity index (χ2n) is 7.07. The van der Waals surface area contributed by atoms with Gasteiger partial charge in [-0.05, 0) is 37.0 Å². The second-order valence-corrected chi connectivity index (χ2v) is 7.07. The fraction of sp³-hybridized carbons (Fsp3) is 0.474. The average Bonchev–Trinajstić information content (AvgIpc) is 2.94. The molecule has 0 spiro atoms. The highest BCUT2D eigenvalue weighted by atomic mass is 16.4. The van der Waals surface area contributed by atoms with Gasteiger partial charge in [0.15, 0.2) is 0 Å². The Morgan fingerprint density at radius 1 is 1.33 bits per heavy atom. The maximum absolute atomic E-state index is 11.4. The summed E-state index contributed by atoms with van der Waals surface area (Å²) >= 11 is 0. The summed E-state index contributed by atoms with van der Waals surface area (Å²) in [7, 11) is 1.95. The Labute approximate surface area is 142 Å². The van der Waals surface area contributed by atoms with E-state index in [4.69, 9.17) is 0 Å². The van der Waals surface area contributed by atoms with E-state index in [1.807, 2.05) is 24.0 Å². The maximum Gasteiger partial charge on any atom is 0.307 e. The van der Waals surface area contributed by atoms with Crippen molar-refractivity contribution in [3.05, 3.63) is 41.6 Å². The molecule has 0 aliphatic carbocycles. The minimum Gasteiger partial charge on any atom is -0.481 e. The van der Waals surface area contributed by atoms with E-state index in [-0.39, 0.29) is 5.92 Å². The number of aromatic nitrogens is 2. The van der Waals surface area contributed by atoms with Gasteiger partial charge in [-0.25, -0.2) is 0 Å². The molecule has 0 bridgehead atoms. The summed E-state index contributed by atoms with van der Waals surface area (Å²) in [5.41, 5.74) is 4.71. The van der Waals surface area contributed by atoms with Gasteiger partial charge in [-0.3, -0.25) is 14.4 Å². The van der Waals surface area contributed by atoms with Gasteiger partial charge in [-0.15, -0.1) is 0 Å². The summed E-state index contributed by atoms with van der Waals surface area (Å²) in [4.78, 5) is 13.7. The highest BCUT2D eigenvalue weighted by Crippen LogP contribution is 2.28. The van der Waals surface area contributed by atoms with Crippen LogP contribution in [0.3, 0.4) is 0 Å². The van der Waals surface area contributed by atoms with Gasteiger partial charge >= 0.3 is 5.97 Å². The highest BCUT2D eigenvalue weighted by molar-refractivity contribution is 5.70. The van der Waals surface area contributed by atoms with E-state index >= 15 is 0 Å². The number of hydrogen-bond donors (Lipinski definition) is 1. The molecule has 0 radical (unpaired) electrons. The molecule has 2 unspecified atom stereocenters. The lowest BCUT2D eigenvalue weighted by Crippen LogP contribution is -2.42. The lowest BCUT2D eigenvalue weighted by Gasteiger charge is -2.35. The number of carboxylic acids is 1. The van der Waals surface area contributed by atoms with Crippen LogP contribution in [0.2, 0.25) is 0 Å². The first-order valence-electron chi connectivity index (χ1n) is 8.47. The molecule has 0 saturated carbocycles. The van der Waals surface area contributed by atoms with E-state index in [1.54, 1.807) is 0 Å². The van der Waals surface area contributed by atoms with Crippen LogP contribution in [-0.4, -0.2) is 38.8 Å². The number of carbonyl (C=O) groups is 1. The summed E-state index contributed by atoms with van der Waals surface area (Å²) in [5, 5.41) is 13.7. The molecular formula is C19H25N3O2. The Kier molecular flexibility index (Phi) is 4.71. The molecule has 5 nitrogen and oxygen atoms in total. The molecule has 0 amide bonds. The van der Waals surface area contributed by atoms with Gasteiger partial charge in [0.1, 0.15) is 0 Å². The smallest absolute Gasteiger partial charge is 0.307 e. The third kappa shape index (κ3) is 3.51. The Morgan fingerprint density at radius 3 is 2.79 bits per heavy atom. The summed E-state index contributed by atoms with van der Waals surface area (Å²) in [6.07, 6.45) is 2.58. The molecule has 3 rings (SSSR count). The van der Waals surface area contributed by atoms with Crippen molar-refractivity contribution in [1.82, 2.24) is 14.7 Å². The minimum atomic E-state index is -0.678. The number of aliphatic carboxylic acids is 1. The van der Waals surface area contributed by atoms with E-state index < -0.39 is 5.97 Å². The van der Waals surface area contributed by atoms with Crippen molar-refractivity contribution in [2.24, 2.45) is 18.9 Å². The maximum atomic E-state index is 11.4. The third-order valence-corrected chi connectivity index (χ3v) is 4.84. The molecule has 1 aromatic heterocycles. The molecule has 2 heterocycles. The van der Waals surface area contributed by atoms with Gasteiger partial charge in [0, 0.05) is 38.4 Å². The van der Waals surface area contributed by atoms with Gasteiger partial charge in [-0.2, -0.15) is 5.10 Å². The van der Waals surface area contributed by atoms with Crippen molar-refractivity contribution < 1.29 is 9.90 Å². The summed E-state index contributed by atoms with van der Waals surface area (Å²) in [5.74, 6) is -0.535. The van der Waals surface area contributed by atoms with Crippen molar-refractivity contribution in [3.63, 3.8) is 0 Å². The summed E-state index contributed by atoms with van der Waals surface area (Å²) in [6, 6.07) is 8.50. The van der Waals surface area contributed by atoms with Crippen LogP contribution in [-0.2, 0) is 18.4 Å². The molecule has 24 heavy (non-hydrogen) atoms. The zero-order valence-corrected chi connectivity index (χ0v) is 14.6. The van der Waals surface area contributed by atoms with Crippen molar-refractivity contribution >= 4 is 5.97 Å². The van der Waals surface area contributed by atoms with E-state index in [0.29, 0.717) is 12.5 Å². The number of aryl methyl sites for hydroxylation is 2. The van der Waals surface area contributed by atoms with Crippen LogP contribution < -0.4 is 0 Å². The fourth-order valence-electron chi connectivity index (χ4n) is 3.72. The van der Waals surface area contributed by atoms with Crippen LogP contribution in [0.15, 0.2) is 30.5 Å². The summed E-state index contributed by atoms with van der Waals surface area (Å²) < 4.78 is 1.89. The Morgan fingerprint density at radius 2 is 2.12 bits per heavy atom. The molecule has 1 aliphatic rings. The molecule has 5 heteroatoms. The van der Waals surface area contributed by atoms with Crippen molar-refractivity contribution in [2.45, 2.75) is 26.8 Å². The lowest BCUT2D eigenvalue weighted by molar-refractivity contribution is -0.144. The molecular weight excluding hydrogens is 302 g/mol. The molecule has 1 saturated heterocycles. The molecule has 1 aliphatic heterocycles.